The predicted molar refractivity (Wildman–Crippen MR) is 73.9 cm³/mol. The van der Waals surface area contributed by atoms with E-state index in [0.717, 1.165) is 10.2 Å². The number of halogens is 2. The van der Waals surface area contributed by atoms with Gasteiger partial charge < -0.3 is 5.32 Å². The molecule has 2 aromatic rings. The van der Waals surface area contributed by atoms with Gasteiger partial charge in [-0.2, -0.15) is 0 Å². The lowest BCUT2D eigenvalue weighted by atomic mass is 10.3. The molecule has 92 valence electrons. The third-order valence-corrected chi connectivity index (χ3v) is 3.29. The topological polar surface area (TPSA) is 54.9 Å². The number of nitrogens with one attached hydrogen (secondary N) is 1. The first-order chi connectivity index (χ1) is 8.56. The van der Waals surface area contributed by atoms with E-state index in [9.17, 15) is 4.79 Å². The summed E-state index contributed by atoms with van der Waals surface area (Å²) in [5.74, 6) is 0.134. The van der Waals surface area contributed by atoms with Crippen molar-refractivity contribution in [2.24, 2.45) is 0 Å². The summed E-state index contributed by atoms with van der Waals surface area (Å²) in [6, 6.07) is 6.64. The summed E-state index contributed by atoms with van der Waals surface area (Å²) in [4.78, 5) is 20.0. The minimum absolute atomic E-state index is 0.255. The van der Waals surface area contributed by atoms with Crippen LogP contribution in [-0.2, 0) is 0 Å². The molecule has 2 aromatic heterocycles. The average Bonchev–Trinajstić information content (AvgIpc) is 2.34. The molecule has 0 atom stereocenters. The summed E-state index contributed by atoms with van der Waals surface area (Å²) in [5, 5.41) is 3.13. The molecule has 4 nitrogen and oxygen atoms in total. The van der Waals surface area contributed by atoms with Crippen LogP contribution in [0.15, 0.2) is 34.9 Å². The van der Waals surface area contributed by atoms with Crippen molar-refractivity contribution in [3.63, 3.8) is 0 Å². The SMILES string of the molecule is Cc1nc(NC(=O)c2cc(Cl)ccn2)ccc1Br. The van der Waals surface area contributed by atoms with Crippen molar-refractivity contribution >= 4 is 39.3 Å². The van der Waals surface area contributed by atoms with E-state index < -0.39 is 0 Å². The Morgan fingerprint density at radius 3 is 2.83 bits per heavy atom. The number of amides is 1. The van der Waals surface area contributed by atoms with Gasteiger partial charge in [-0.15, -0.1) is 0 Å². The van der Waals surface area contributed by atoms with Crippen molar-refractivity contribution in [1.29, 1.82) is 0 Å². The molecule has 0 saturated heterocycles. The fraction of sp³-hybridized carbons (Fsp3) is 0.0833. The van der Waals surface area contributed by atoms with E-state index >= 15 is 0 Å². The molecule has 0 unspecified atom stereocenters. The maximum Gasteiger partial charge on any atom is 0.275 e. The maximum atomic E-state index is 11.9. The first-order valence-corrected chi connectivity index (χ1v) is 6.29. The van der Waals surface area contributed by atoms with Crippen molar-refractivity contribution in [2.75, 3.05) is 5.32 Å². The number of carbonyl (C=O) groups is 1. The van der Waals surface area contributed by atoms with E-state index in [2.05, 4.69) is 31.2 Å². The summed E-state index contributed by atoms with van der Waals surface area (Å²) >= 11 is 9.14. The van der Waals surface area contributed by atoms with E-state index in [4.69, 9.17) is 11.6 Å². The molecule has 0 spiro atoms. The summed E-state index contributed by atoms with van der Waals surface area (Å²) in [6.07, 6.45) is 1.48. The van der Waals surface area contributed by atoms with E-state index in [1.807, 2.05) is 13.0 Å². The monoisotopic (exact) mass is 325 g/mol. The van der Waals surface area contributed by atoms with Crippen molar-refractivity contribution in [3.05, 3.63) is 51.3 Å². The molecule has 18 heavy (non-hydrogen) atoms. The zero-order valence-electron chi connectivity index (χ0n) is 9.45. The molecule has 0 saturated carbocycles. The van der Waals surface area contributed by atoms with E-state index in [0.29, 0.717) is 10.8 Å². The number of hydrogen-bond donors (Lipinski definition) is 1. The van der Waals surface area contributed by atoms with Gasteiger partial charge in [0.15, 0.2) is 0 Å². The Morgan fingerprint density at radius 1 is 1.39 bits per heavy atom. The van der Waals surface area contributed by atoms with Crippen LogP contribution >= 0.6 is 27.5 Å². The number of aryl methyl sites for hydroxylation is 1. The fourth-order valence-corrected chi connectivity index (χ4v) is 1.70. The Morgan fingerprint density at radius 2 is 2.17 bits per heavy atom. The number of pyridine rings is 2. The van der Waals surface area contributed by atoms with Gasteiger partial charge in [0.05, 0.1) is 5.69 Å². The molecule has 0 radical (unpaired) electrons. The predicted octanol–water partition coefficient (Wildman–Crippen LogP) is 3.45. The van der Waals surface area contributed by atoms with Crippen LogP contribution in [0.1, 0.15) is 16.2 Å². The minimum Gasteiger partial charge on any atom is -0.305 e. The molecule has 0 aliphatic carbocycles. The smallest absolute Gasteiger partial charge is 0.275 e. The molecule has 1 N–H and O–H groups in total. The van der Waals surface area contributed by atoms with Crippen molar-refractivity contribution < 1.29 is 4.79 Å². The van der Waals surface area contributed by atoms with Gasteiger partial charge in [-0.25, -0.2) is 4.98 Å². The Bertz CT molecular complexity index is 604. The molecule has 0 aliphatic heterocycles. The van der Waals surface area contributed by atoms with Gasteiger partial charge in [-0.05, 0) is 47.1 Å². The normalized spacial score (nSPS) is 10.2. The first-order valence-electron chi connectivity index (χ1n) is 5.12. The maximum absolute atomic E-state index is 11.9. The number of anilines is 1. The van der Waals surface area contributed by atoms with Crippen LogP contribution in [0.2, 0.25) is 5.02 Å². The van der Waals surface area contributed by atoms with Gasteiger partial charge >= 0.3 is 0 Å². The van der Waals surface area contributed by atoms with E-state index in [1.165, 1.54) is 12.3 Å². The lowest BCUT2D eigenvalue weighted by Gasteiger charge is -2.05. The molecule has 0 bridgehead atoms. The number of carbonyl (C=O) groups excluding carboxylic acids is 1. The molecule has 6 heteroatoms. The number of nitrogens with zero attached hydrogens (tertiary/aromatic N) is 2. The highest BCUT2D eigenvalue weighted by Crippen LogP contribution is 2.17. The zero-order valence-corrected chi connectivity index (χ0v) is 11.8. The lowest BCUT2D eigenvalue weighted by molar-refractivity contribution is 0.102. The van der Waals surface area contributed by atoms with Crippen molar-refractivity contribution in [2.45, 2.75) is 6.92 Å². The molecular formula is C12H9BrClN3O. The van der Waals surface area contributed by atoms with Crippen LogP contribution in [0, 0.1) is 6.92 Å². The molecular weight excluding hydrogens is 318 g/mol. The third-order valence-electron chi connectivity index (χ3n) is 2.22. The summed E-state index contributed by atoms with van der Waals surface area (Å²) in [5.41, 5.74) is 1.05. The Labute approximate surface area is 118 Å². The summed E-state index contributed by atoms with van der Waals surface area (Å²) in [6.45, 7) is 1.84. The Balaban J connectivity index is 2.18. The quantitative estimate of drug-likeness (QED) is 0.919. The Hall–Kier alpha value is -1.46. The zero-order chi connectivity index (χ0) is 13.1. The van der Waals surface area contributed by atoms with Crippen LogP contribution in [0.25, 0.3) is 0 Å². The van der Waals surface area contributed by atoms with Crippen LogP contribution in [0.3, 0.4) is 0 Å². The van der Waals surface area contributed by atoms with Crippen LogP contribution in [-0.4, -0.2) is 15.9 Å². The molecule has 0 aromatic carbocycles. The van der Waals surface area contributed by atoms with Crippen LogP contribution in [0.5, 0.6) is 0 Å². The second kappa shape index (κ2) is 5.46. The minimum atomic E-state index is -0.341. The van der Waals surface area contributed by atoms with Crippen LogP contribution < -0.4 is 5.32 Å². The second-order valence-electron chi connectivity index (χ2n) is 3.58. The fourth-order valence-electron chi connectivity index (χ4n) is 1.32. The van der Waals surface area contributed by atoms with Crippen molar-refractivity contribution in [1.82, 2.24) is 9.97 Å². The van der Waals surface area contributed by atoms with Gasteiger partial charge in [0.1, 0.15) is 11.5 Å². The van der Waals surface area contributed by atoms with Gasteiger partial charge in [-0.1, -0.05) is 11.6 Å². The third kappa shape index (κ3) is 3.05. The number of hydrogen-bond acceptors (Lipinski definition) is 3. The number of rotatable bonds is 2. The highest BCUT2D eigenvalue weighted by Gasteiger charge is 2.09. The summed E-state index contributed by atoms with van der Waals surface area (Å²) < 4.78 is 0.890. The van der Waals surface area contributed by atoms with Gasteiger partial charge in [0.2, 0.25) is 0 Å². The van der Waals surface area contributed by atoms with Crippen LogP contribution in [0.4, 0.5) is 5.82 Å². The van der Waals surface area contributed by atoms with Gasteiger partial charge in [-0.3, -0.25) is 9.78 Å². The number of aromatic nitrogens is 2. The molecule has 2 rings (SSSR count). The summed E-state index contributed by atoms with van der Waals surface area (Å²) in [7, 11) is 0. The second-order valence-corrected chi connectivity index (χ2v) is 4.87. The standard InChI is InChI=1S/C12H9BrClN3O/c1-7-9(13)2-3-11(16-7)17-12(18)10-6-8(14)4-5-15-10/h2-6H,1H3,(H,16,17,18). The first kappa shape index (κ1) is 13.0. The molecule has 0 fully saturated rings. The van der Waals surface area contributed by atoms with Gasteiger partial charge in [0, 0.05) is 15.7 Å². The van der Waals surface area contributed by atoms with E-state index in [1.54, 1.807) is 12.1 Å². The highest BCUT2D eigenvalue weighted by molar-refractivity contribution is 9.10. The van der Waals surface area contributed by atoms with E-state index in [-0.39, 0.29) is 11.6 Å². The Kier molecular flexibility index (Phi) is 3.93. The largest absolute Gasteiger partial charge is 0.305 e. The van der Waals surface area contributed by atoms with Gasteiger partial charge in [0.25, 0.3) is 5.91 Å². The lowest BCUT2D eigenvalue weighted by Crippen LogP contribution is -2.14. The van der Waals surface area contributed by atoms with Crippen molar-refractivity contribution in [3.8, 4) is 0 Å². The molecule has 2 heterocycles. The highest BCUT2D eigenvalue weighted by atomic mass is 79.9. The molecule has 0 aliphatic rings. The average molecular weight is 327 g/mol. The molecule has 1 amide bonds.